The van der Waals surface area contributed by atoms with E-state index in [9.17, 15) is 23.1 Å². The third-order valence-corrected chi connectivity index (χ3v) is 10.6. The summed E-state index contributed by atoms with van der Waals surface area (Å²) in [4.78, 5) is 26.0. The number of aliphatic carboxylic acids is 1. The summed E-state index contributed by atoms with van der Waals surface area (Å²) in [5.41, 5.74) is 1.11. The van der Waals surface area contributed by atoms with Crippen LogP contribution in [-0.4, -0.2) is 49.3 Å². The molecule has 1 unspecified atom stereocenters. The van der Waals surface area contributed by atoms with Gasteiger partial charge in [-0.05, 0) is 62.1 Å². The van der Waals surface area contributed by atoms with E-state index in [4.69, 9.17) is 9.47 Å². The van der Waals surface area contributed by atoms with E-state index in [1.54, 1.807) is 44.2 Å². The Bertz CT molecular complexity index is 1540. The molecule has 3 aromatic rings. The van der Waals surface area contributed by atoms with Crippen molar-refractivity contribution in [3.63, 3.8) is 0 Å². The zero-order valence-corrected chi connectivity index (χ0v) is 25.2. The normalized spacial score (nSPS) is 17.8. The van der Waals surface area contributed by atoms with Crippen LogP contribution in [0.5, 0.6) is 11.5 Å². The molecule has 40 heavy (non-hydrogen) atoms. The van der Waals surface area contributed by atoms with Crippen LogP contribution in [0.15, 0.2) is 53.4 Å². The minimum atomic E-state index is -3.86. The van der Waals surface area contributed by atoms with Gasteiger partial charge in [-0.3, -0.25) is 9.59 Å². The molecular formula is C30H35NO7S2. The van der Waals surface area contributed by atoms with Crippen molar-refractivity contribution in [2.75, 3.05) is 13.7 Å². The molecular weight excluding hydrogens is 550 g/mol. The molecule has 1 aliphatic heterocycles. The Morgan fingerprint density at radius 2 is 1.90 bits per heavy atom. The highest BCUT2D eigenvalue weighted by Gasteiger charge is 2.41. The Kier molecular flexibility index (Phi) is 8.44. The van der Waals surface area contributed by atoms with Crippen molar-refractivity contribution in [2.45, 2.75) is 64.5 Å². The predicted molar refractivity (Wildman–Crippen MR) is 154 cm³/mol. The summed E-state index contributed by atoms with van der Waals surface area (Å²) in [5, 5.41) is 10.2. The van der Waals surface area contributed by atoms with Gasteiger partial charge < -0.3 is 14.6 Å². The van der Waals surface area contributed by atoms with Crippen molar-refractivity contribution >= 4 is 33.1 Å². The number of fused-ring (bicyclic) bond motifs is 1. The summed E-state index contributed by atoms with van der Waals surface area (Å²) in [6, 6.07) is 14.0. The van der Waals surface area contributed by atoms with Crippen molar-refractivity contribution in [2.24, 2.45) is 5.41 Å². The number of hydrogen-bond donors (Lipinski definition) is 1. The molecule has 2 aromatic carbocycles. The summed E-state index contributed by atoms with van der Waals surface area (Å²) in [6.07, 6.45) is 0.316. The van der Waals surface area contributed by atoms with Gasteiger partial charge in [0.2, 0.25) is 10.0 Å². The lowest BCUT2D eigenvalue weighted by Gasteiger charge is -2.31. The standard InChI is InChI=1S/C30H35NO7S2/c1-7-22-17-31(40(35,36)26-11-9-8-10-23(26)38-22)16-21-14-20(13-12-18(21)2)27(30(4,5)29(33)34)25-15-24(37-6)28(39-25)19(3)32/h8-15,22,27H,7,16-17H2,1-6H3,(H,33,34)/t22-,27?/m1/s1. The van der Waals surface area contributed by atoms with Gasteiger partial charge in [0.05, 0.1) is 19.1 Å². The van der Waals surface area contributed by atoms with Gasteiger partial charge in [-0.25, -0.2) is 8.42 Å². The number of para-hydroxylation sites is 1. The molecule has 10 heteroatoms. The molecule has 0 spiro atoms. The van der Waals surface area contributed by atoms with E-state index in [2.05, 4.69) is 0 Å². The number of benzene rings is 2. The maximum absolute atomic E-state index is 13.8. The zero-order valence-electron chi connectivity index (χ0n) is 23.6. The highest BCUT2D eigenvalue weighted by Crippen LogP contribution is 2.47. The first-order chi connectivity index (χ1) is 18.8. The molecule has 2 heterocycles. The molecule has 0 saturated carbocycles. The molecule has 0 saturated heterocycles. The van der Waals surface area contributed by atoms with Crippen LogP contribution >= 0.6 is 11.3 Å². The van der Waals surface area contributed by atoms with Crippen molar-refractivity contribution in [3.8, 4) is 11.5 Å². The molecule has 4 rings (SSSR count). The van der Waals surface area contributed by atoms with Crippen LogP contribution in [0.2, 0.25) is 0 Å². The number of carboxylic acid groups (broad SMARTS) is 1. The van der Waals surface area contributed by atoms with Gasteiger partial charge in [-0.2, -0.15) is 4.31 Å². The quantitative estimate of drug-likeness (QED) is 0.313. The highest BCUT2D eigenvalue weighted by atomic mass is 32.2. The average molecular weight is 586 g/mol. The zero-order chi connectivity index (χ0) is 29.4. The lowest BCUT2D eigenvalue weighted by molar-refractivity contribution is -0.147. The van der Waals surface area contributed by atoms with Gasteiger partial charge in [0.25, 0.3) is 0 Å². The summed E-state index contributed by atoms with van der Waals surface area (Å²) in [7, 11) is -2.38. The number of ether oxygens (including phenoxy) is 2. The Morgan fingerprint density at radius 3 is 2.50 bits per heavy atom. The Labute approximate surface area is 239 Å². The van der Waals surface area contributed by atoms with Gasteiger partial charge >= 0.3 is 5.97 Å². The number of carboxylic acids is 1. The molecule has 1 N–H and O–H groups in total. The molecule has 2 atom stereocenters. The Balaban J connectivity index is 1.82. The smallest absolute Gasteiger partial charge is 0.310 e. The molecule has 214 valence electrons. The van der Waals surface area contributed by atoms with E-state index in [-0.39, 0.29) is 29.9 Å². The second-order valence-electron chi connectivity index (χ2n) is 10.6. The fraction of sp³-hybridized carbons (Fsp3) is 0.400. The average Bonchev–Trinajstić information content (AvgIpc) is 3.29. The van der Waals surface area contributed by atoms with Gasteiger partial charge in [0.1, 0.15) is 27.4 Å². The second kappa shape index (κ2) is 11.3. The number of hydrogen-bond acceptors (Lipinski definition) is 7. The first kappa shape index (κ1) is 29.8. The summed E-state index contributed by atoms with van der Waals surface area (Å²) < 4.78 is 40.4. The number of sulfonamides is 1. The number of rotatable bonds is 9. The minimum Gasteiger partial charge on any atom is -0.495 e. The number of aryl methyl sites for hydroxylation is 1. The van der Waals surface area contributed by atoms with E-state index in [1.165, 1.54) is 29.7 Å². The molecule has 0 fully saturated rings. The maximum Gasteiger partial charge on any atom is 0.310 e. The van der Waals surface area contributed by atoms with Crippen molar-refractivity contribution in [1.82, 2.24) is 4.31 Å². The van der Waals surface area contributed by atoms with Crippen molar-refractivity contribution < 1.29 is 32.6 Å². The minimum absolute atomic E-state index is 0.100. The third-order valence-electron chi connectivity index (χ3n) is 7.49. The number of ketones is 1. The van der Waals surface area contributed by atoms with Crippen LogP contribution < -0.4 is 9.47 Å². The van der Waals surface area contributed by atoms with E-state index in [1.807, 2.05) is 32.0 Å². The fourth-order valence-corrected chi connectivity index (χ4v) is 7.93. The van der Waals surface area contributed by atoms with Gasteiger partial charge in [0.15, 0.2) is 5.78 Å². The third kappa shape index (κ3) is 5.53. The van der Waals surface area contributed by atoms with Crippen LogP contribution in [0.4, 0.5) is 0 Å². The predicted octanol–water partition coefficient (Wildman–Crippen LogP) is 5.87. The van der Waals surface area contributed by atoms with Gasteiger partial charge in [-0.15, -0.1) is 11.3 Å². The van der Waals surface area contributed by atoms with Gasteiger partial charge in [-0.1, -0.05) is 37.3 Å². The molecule has 8 nitrogen and oxygen atoms in total. The van der Waals surface area contributed by atoms with E-state index in [0.717, 1.165) is 11.1 Å². The van der Waals surface area contributed by atoms with Crippen LogP contribution in [-0.2, 0) is 21.4 Å². The molecule has 0 bridgehead atoms. The monoisotopic (exact) mass is 585 g/mol. The Hall–Kier alpha value is -3.21. The topological polar surface area (TPSA) is 110 Å². The molecule has 0 aliphatic carbocycles. The largest absolute Gasteiger partial charge is 0.495 e. The summed E-state index contributed by atoms with van der Waals surface area (Å²) >= 11 is 1.22. The summed E-state index contributed by atoms with van der Waals surface area (Å²) in [6.45, 7) is 8.90. The van der Waals surface area contributed by atoms with Crippen LogP contribution in [0.25, 0.3) is 0 Å². The SMILES string of the molecule is CC[C@@H]1CN(Cc2cc(C(c3cc(OC)c(C(C)=O)s3)C(C)(C)C(=O)O)ccc2C)S(=O)(=O)c2ccccc2O1. The number of methoxy groups -OCH3 is 1. The molecule has 1 aromatic heterocycles. The maximum atomic E-state index is 13.8. The summed E-state index contributed by atoms with van der Waals surface area (Å²) in [5.74, 6) is -1.02. The first-order valence-corrected chi connectivity index (χ1v) is 15.3. The van der Waals surface area contributed by atoms with Crippen LogP contribution in [0.3, 0.4) is 0 Å². The number of Topliss-reactive ketones (excluding diaryl/α,β-unsaturated/α-hetero) is 1. The highest BCUT2D eigenvalue weighted by molar-refractivity contribution is 7.89. The van der Waals surface area contributed by atoms with Crippen LogP contribution in [0.1, 0.15) is 71.3 Å². The lowest BCUT2D eigenvalue weighted by atomic mass is 9.73. The van der Waals surface area contributed by atoms with Crippen molar-refractivity contribution in [3.05, 3.63) is 75.0 Å². The fourth-order valence-electron chi connectivity index (χ4n) is 5.03. The first-order valence-electron chi connectivity index (χ1n) is 13.1. The number of carbonyl (C=O) groups is 2. The van der Waals surface area contributed by atoms with Crippen molar-refractivity contribution in [1.29, 1.82) is 0 Å². The van der Waals surface area contributed by atoms with E-state index in [0.29, 0.717) is 33.2 Å². The Morgan fingerprint density at radius 1 is 1.20 bits per heavy atom. The van der Waals surface area contributed by atoms with Gasteiger partial charge in [0, 0.05) is 24.3 Å². The molecule has 0 radical (unpaired) electrons. The number of nitrogens with zero attached hydrogens (tertiary/aromatic N) is 1. The molecule has 1 aliphatic rings. The van der Waals surface area contributed by atoms with E-state index >= 15 is 0 Å². The molecule has 0 amide bonds. The lowest BCUT2D eigenvalue weighted by Crippen LogP contribution is -2.36. The van der Waals surface area contributed by atoms with Crippen LogP contribution in [0, 0.1) is 12.3 Å². The number of carbonyl (C=O) groups excluding carboxylic acids is 1. The number of thiophene rings is 1. The van der Waals surface area contributed by atoms with E-state index < -0.39 is 27.3 Å². The second-order valence-corrected chi connectivity index (χ2v) is 13.6.